The number of anilines is 1. The van der Waals surface area contributed by atoms with Crippen LogP contribution in [0.1, 0.15) is 13.3 Å². The second-order valence-electron chi connectivity index (χ2n) is 3.46. The summed E-state index contributed by atoms with van der Waals surface area (Å²) in [5, 5.41) is 6.82. The minimum absolute atomic E-state index is 0.148. The molecule has 0 saturated carbocycles. The first-order chi connectivity index (χ1) is 7.67. The largest absolute Gasteiger partial charge is 0.322 e. The van der Waals surface area contributed by atoms with Gasteiger partial charge in [-0.1, -0.05) is 0 Å². The van der Waals surface area contributed by atoms with E-state index in [-0.39, 0.29) is 5.91 Å². The topological polar surface area (TPSA) is 72.9 Å². The van der Waals surface area contributed by atoms with Gasteiger partial charge in [-0.05, 0) is 25.4 Å². The summed E-state index contributed by atoms with van der Waals surface area (Å²) in [6.07, 6.45) is 6.10. The first kappa shape index (κ1) is 13.1. The van der Waals surface area contributed by atoms with E-state index in [0.29, 0.717) is 12.1 Å². The lowest BCUT2D eigenvalue weighted by molar-refractivity contribution is -0.117. The first-order valence-corrected chi connectivity index (χ1v) is 6.64. The van der Waals surface area contributed by atoms with Gasteiger partial charge in [-0.2, -0.15) is 16.9 Å². The highest BCUT2D eigenvalue weighted by Crippen LogP contribution is 2.06. The average molecular weight is 242 g/mol. The Bertz CT molecular complexity index is 339. The van der Waals surface area contributed by atoms with Crippen molar-refractivity contribution >= 4 is 23.4 Å². The second kappa shape index (κ2) is 6.55. The van der Waals surface area contributed by atoms with Gasteiger partial charge in [-0.3, -0.25) is 9.48 Å². The van der Waals surface area contributed by atoms with Crippen LogP contribution in [0.5, 0.6) is 0 Å². The van der Waals surface area contributed by atoms with E-state index in [1.807, 2.05) is 13.2 Å². The fourth-order valence-electron chi connectivity index (χ4n) is 1.21. The SMILES string of the molecule is CCn1cc(NC(=O)[C@@H](N)CCSC)cn1. The second-order valence-corrected chi connectivity index (χ2v) is 4.45. The smallest absolute Gasteiger partial charge is 0.241 e. The summed E-state index contributed by atoms with van der Waals surface area (Å²) < 4.78 is 1.75. The lowest BCUT2D eigenvalue weighted by Crippen LogP contribution is -2.35. The molecule has 0 aliphatic rings. The number of hydrogen-bond donors (Lipinski definition) is 2. The Balaban J connectivity index is 2.44. The van der Waals surface area contributed by atoms with Crippen LogP contribution in [-0.2, 0) is 11.3 Å². The van der Waals surface area contributed by atoms with E-state index in [0.717, 1.165) is 12.3 Å². The maximum atomic E-state index is 11.6. The zero-order valence-corrected chi connectivity index (χ0v) is 10.5. The Morgan fingerprint density at radius 1 is 1.75 bits per heavy atom. The van der Waals surface area contributed by atoms with Crippen LogP contribution >= 0.6 is 11.8 Å². The molecular formula is C10H18N4OS. The molecule has 90 valence electrons. The molecule has 0 radical (unpaired) electrons. The van der Waals surface area contributed by atoms with E-state index < -0.39 is 6.04 Å². The van der Waals surface area contributed by atoms with Crippen molar-refractivity contribution in [1.29, 1.82) is 0 Å². The Labute approximate surface area is 99.8 Å². The molecule has 0 spiro atoms. The number of aromatic nitrogens is 2. The van der Waals surface area contributed by atoms with Gasteiger partial charge in [0.2, 0.25) is 5.91 Å². The van der Waals surface area contributed by atoms with Crippen LogP contribution < -0.4 is 11.1 Å². The summed E-state index contributed by atoms with van der Waals surface area (Å²) in [6, 6.07) is -0.447. The van der Waals surface area contributed by atoms with Gasteiger partial charge >= 0.3 is 0 Å². The van der Waals surface area contributed by atoms with Gasteiger partial charge in [0, 0.05) is 12.7 Å². The van der Waals surface area contributed by atoms with Crippen molar-refractivity contribution in [3.05, 3.63) is 12.4 Å². The number of nitrogens with two attached hydrogens (primary N) is 1. The third-order valence-corrected chi connectivity index (χ3v) is 2.84. The van der Waals surface area contributed by atoms with Gasteiger partial charge in [0.25, 0.3) is 0 Å². The summed E-state index contributed by atoms with van der Waals surface area (Å²) in [7, 11) is 0. The van der Waals surface area contributed by atoms with Gasteiger partial charge < -0.3 is 11.1 Å². The minimum atomic E-state index is -0.447. The van der Waals surface area contributed by atoms with E-state index in [1.165, 1.54) is 0 Å². The number of amides is 1. The van der Waals surface area contributed by atoms with E-state index in [9.17, 15) is 4.79 Å². The lowest BCUT2D eigenvalue weighted by atomic mass is 10.2. The van der Waals surface area contributed by atoms with E-state index >= 15 is 0 Å². The van der Waals surface area contributed by atoms with Gasteiger partial charge in [0.1, 0.15) is 0 Å². The summed E-state index contributed by atoms with van der Waals surface area (Å²) in [4.78, 5) is 11.6. The van der Waals surface area contributed by atoms with Crippen molar-refractivity contribution in [1.82, 2.24) is 9.78 Å². The molecule has 0 aromatic carbocycles. The molecule has 0 fully saturated rings. The molecule has 0 aliphatic carbocycles. The van der Waals surface area contributed by atoms with Crippen LogP contribution in [0.4, 0.5) is 5.69 Å². The maximum Gasteiger partial charge on any atom is 0.241 e. The lowest BCUT2D eigenvalue weighted by Gasteiger charge is -2.09. The number of rotatable bonds is 6. The molecule has 0 aliphatic heterocycles. The van der Waals surface area contributed by atoms with Crippen molar-refractivity contribution in [3.63, 3.8) is 0 Å². The molecular weight excluding hydrogens is 224 g/mol. The molecule has 6 heteroatoms. The first-order valence-electron chi connectivity index (χ1n) is 5.25. The number of hydrogen-bond acceptors (Lipinski definition) is 4. The fourth-order valence-corrected chi connectivity index (χ4v) is 1.70. The Kier molecular flexibility index (Phi) is 5.34. The van der Waals surface area contributed by atoms with E-state index in [4.69, 9.17) is 5.73 Å². The van der Waals surface area contributed by atoms with Gasteiger partial charge in [-0.25, -0.2) is 0 Å². The molecule has 5 nitrogen and oxygen atoms in total. The predicted octanol–water partition coefficient (Wildman–Crippen LogP) is 0.922. The number of aryl methyl sites for hydroxylation is 1. The molecule has 3 N–H and O–H groups in total. The number of nitrogens with zero attached hydrogens (tertiary/aromatic N) is 2. The van der Waals surface area contributed by atoms with Gasteiger partial charge in [0.15, 0.2) is 0 Å². The Hall–Kier alpha value is -1.01. The molecule has 0 unspecified atom stereocenters. The van der Waals surface area contributed by atoms with Crippen LogP contribution in [0.3, 0.4) is 0 Å². The molecule has 0 bridgehead atoms. The van der Waals surface area contributed by atoms with E-state index in [1.54, 1.807) is 28.8 Å². The molecule has 1 amide bonds. The molecule has 1 aromatic rings. The highest BCUT2D eigenvalue weighted by atomic mass is 32.2. The van der Waals surface area contributed by atoms with Crippen LogP contribution in [0, 0.1) is 0 Å². The summed E-state index contributed by atoms with van der Waals surface area (Å²) in [5.74, 6) is 0.743. The molecule has 16 heavy (non-hydrogen) atoms. The molecule has 1 rings (SSSR count). The van der Waals surface area contributed by atoms with Crippen molar-refractivity contribution in [2.75, 3.05) is 17.3 Å². The minimum Gasteiger partial charge on any atom is -0.322 e. The number of nitrogens with one attached hydrogen (secondary N) is 1. The van der Waals surface area contributed by atoms with Crippen LogP contribution in [0.25, 0.3) is 0 Å². The van der Waals surface area contributed by atoms with Crippen molar-refractivity contribution in [2.45, 2.75) is 25.9 Å². The third-order valence-electron chi connectivity index (χ3n) is 2.19. The standard InChI is InChI=1S/C10H18N4OS/c1-3-14-7-8(6-12-14)13-10(15)9(11)4-5-16-2/h6-7,9H,3-5,11H2,1-2H3,(H,13,15)/t9-/m0/s1. The fraction of sp³-hybridized carbons (Fsp3) is 0.600. The normalized spacial score (nSPS) is 12.4. The van der Waals surface area contributed by atoms with Gasteiger partial charge in [-0.15, -0.1) is 0 Å². The number of carbonyl (C=O) groups excluding carboxylic acids is 1. The van der Waals surface area contributed by atoms with Crippen molar-refractivity contribution in [3.8, 4) is 0 Å². The predicted molar refractivity (Wildman–Crippen MR) is 67.5 cm³/mol. The van der Waals surface area contributed by atoms with Crippen molar-refractivity contribution < 1.29 is 4.79 Å². The average Bonchev–Trinajstić information content (AvgIpc) is 2.73. The molecule has 1 heterocycles. The van der Waals surface area contributed by atoms with Crippen molar-refractivity contribution in [2.24, 2.45) is 5.73 Å². The van der Waals surface area contributed by atoms with Gasteiger partial charge in [0.05, 0.1) is 17.9 Å². The van der Waals surface area contributed by atoms with E-state index in [2.05, 4.69) is 10.4 Å². The Morgan fingerprint density at radius 2 is 2.50 bits per heavy atom. The number of thioether (sulfide) groups is 1. The zero-order chi connectivity index (χ0) is 12.0. The molecule has 0 saturated heterocycles. The maximum absolute atomic E-state index is 11.6. The van der Waals surface area contributed by atoms with Crippen LogP contribution in [-0.4, -0.2) is 33.7 Å². The Morgan fingerprint density at radius 3 is 3.06 bits per heavy atom. The summed E-state index contributed by atoms with van der Waals surface area (Å²) in [5.41, 5.74) is 6.44. The number of carbonyl (C=O) groups is 1. The summed E-state index contributed by atoms with van der Waals surface area (Å²) in [6.45, 7) is 2.78. The highest BCUT2D eigenvalue weighted by molar-refractivity contribution is 7.98. The molecule has 1 atom stereocenters. The monoisotopic (exact) mass is 242 g/mol. The zero-order valence-electron chi connectivity index (χ0n) is 9.64. The third kappa shape index (κ3) is 3.86. The summed E-state index contributed by atoms with van der Waals surface area (Å²) >= 11 is 1.68. The molecule has 1 aromatic heterocycles. The van der Waals surface area contributed by atoms with Crippen LogP contribution in [0.2, 0.25) is 0 Å². The van der Waals surface area contributed by atoms with Crippen LogP contribution in [0.15, 0.2) is 12.4 Å². The quantitative estimate of drug-likeness (QED) is 0.778. The highest BCUT2D eigenvalue weighted by Gasteiger charge is 2.13.